The number of rotatable bonds is 3. The Hall–Kier alpha value is -2.21. The number of carbonyl (C=O) groups excluding carboxylic acids is 2. The van der Waals surface area contributed by atoms with Crippen LogP contribution in [-0.2, 0) is 9.59 Å². The number of piperidine rings is 2. The van der Waals surface area contributed by atoms with Gasteiger partial charge in [0.25, 0.3) is 0 Å². The number of benzene rings is 1. The number of amides is 2. The minimum atomic E-state index is -0.320. The fourth-order valence-electron chi connectivity index (χ4n) is 4.40. The molecule has 2 saturated heterocycles. The van der Waals surface area contributed by atoms with Gasteiger partial charge < -0.3 is 5.32 Å². The average molecular weight is 352 g/mol. The molecule has 3 aliphatic rings. The van der Waals surface area contributed by atoms with E-state index in [4.69, 9.17) is 5.10 Å². The summed E-state index contributed by atoms with van der Waals surface area (Å²) in [6.45, 7) is 2.15. The Morgan fingerprint density at radius 3 is 2.58 bits per heavy atom. The molecule has 2 aliphatic heterocycles. The molecule has 1 aromatic carbocycles. The first kappa shape index (κ1) is 16.0. The predicted octanol–water partition coefficient (Wildman–Crippen LogP) is 2.36. The summed E-state index contributed by atoms with van der Waals surface area (Å²) in [5.41, 5.74) is 3.38. The molecule has 5 rings (SSSR count). The minimum Gasteiger partial charge on any atom is -0.317 e. The van der Waals surface area contributed by atoms with Crippen molar-refractivity contribution in [2.45, 2.75) is 56.4 Å². The highest BCUT2D eigenvalue weighted by Crippen LogP contribution is 2.41. The molecule has 1 aromatic heterocycles. The van der Waals surface area contributed by atoms with Gasteiger partial charge in [0.2, 0.25) is 11.8 Å². The van der Waals surface area contributed by atoms with E-state index in [1.807, 2.05) is 0 Å². The maximum atomic E-state index is 12.4. The van der Waals surface area contributed by atoms with Crippen molar-refractivity contribution in [3.63, 3.8) is 0 Å². The summed E-state index contributed by atoms with van der Waals surface area (Å²) < 4.78 is 2.14. The number of fused-ring (bicyclic) bond motifs is 1. The Bertz CT molecular complexity index is 877. The molecule has 6 nitrogen and oxygen atoms in total. The third kappa shape index (κ3) is 2.72. The second-order valence-electron chi connectivity index (χ2n) is 7.87. The summed E-state index contributed by atoms with van der Waals surface area (Å²) in [5.74, 6) is -0.0985. The lowest BCUT2D eigenvalue weighted by atomic mass is 9.88. The van der Waals surface area contributed by atoms with E-state index in [1.54, 1.807) is 0 Å². The van der Waals surface area contributed by atoms with Gasteiger partial charge in [-0.3, -0.25) is 19.6 Å². The number of aromatic nitrogens is 2. The Morgan fingerprint density at radius 2 is 1.85 bits per heavy atom. The molecule has 1 atom stereocenters. The molecule has 2 N–H and O–H groups in total. The Balaban J connectivity index is 1.57. The van der Waals surface area contributed by atoms with Crippen LogP contribution in [-0.4, -0.2) is 34.7 Å². The van der Waals surface area contributed by atoms with E-state index in [0.717, 1.165) is 42.5 Å². The first-order valence-corrected chi connectivity index (χ1v) is 9.77. The van der Waals surface area contributed by atoms with Crippen molar-refractivity contribution in [2.24, 2.45) is 0 Å². The van der Waals surface area contributed by atoms with Gasteiger partial charge in [-0.25, -0.2) is 0 Å². The van der Waals surface area contributed by atoms with Crippen molar-refractivity contribution in [3.8, 4) is 0 Å². The largest absolute Gasteiger partial charge is 0.317 e. The maximum Gasteiger partial charge on any atom is 0.235 e. The smallest absolute Gasteiger partial charge is 0.235 e. The summed E-state index contributed by atoms with van der Waals surface area (Å²) in [4.78, 5) is 23.9. The molecule has 1 aliphatic carbocycles. The van der Waals surface area contributed by atoms with E-state index in [1.165, 1.54) is 18.4 Å². The molecule has 136 valence electrons. The van der Waals surface area contributed by atoms with Gasteiger partial charge in [-0.2, -0.15) is 5.10 Å². The van der Waals surface area contributed by atoms with E-state index in [2.05, 4.69) is 33.5 Å². The lowest BCUT2D eigenvalue weighted by Gasteiger charge is -2.23. The molecule has 6 heteroatoms. The molecule has 2 amide bonds. The molecule has 1 unspecified atom stereocenters. The SMILES string of the molecule is O=C1CCC(c2nn(C3CC3)c3cc(C4CCNCC4)ccc23)C(=O)N1. The predicted molar refractivity (Wildman–Crippen MR) is 98.0 cm³/mol. The van der Waals surface area contributed by atoms with Crippen LogP contribution >= 0.6 is 0 Å². The molecule has 3 heterocycles. The topological polar surface area (TPSA) is 76.0 Å². The standard InChI is InChI=1S/C20H24N4O2/c25-18-6-5-16(20(26)22-18)19-15-4-1-13(12-7-9-21-10-8-12)11-17(15)24(23-19)14-2-3-14/h1,4,11-12,14,16,21H,2-3,5-10H2,(H,22,25,26). The van der Waals surface area contributed by atoms with E-state index in [9.17, 15) is 9.59 Å². The van der Waals surface area contributed by atoms with Crippen LogP contribution in [0.4, 0.5) is 0 Å². The third-order valence-electron chi connectivity index (χ3n) is 6.03. The summed E-state index contributed by atoms with van der Waals surface area (Å²) >= 11 is 0. The van der Waals surface area contributed by atoms with Crippen molar-refractivity contribution >= 4 is 22.7 Å². The Kier molecular flexibility index (Phi) is 3.81. The van der Waals surface area contributed by atoms with Crippen molar-refractivity contribution < 1.29 is 9.59 Å². The third-order valence-corrected chi connectivity index (χ3v) is 6.03. The van der Waals surface area contributed by atoms with Crippen molar-refractivity contribution in [1.29, 1.82) is 0 Å². The highest BCUT2D eigenvalue weighted by molar-refractivity contribution is 6.02. The number of hydrogen-bond donors (Lipinski definition) is 2. The first-order chi connectivity index (χ1) is 12.7. The van der Waals surface area contributed by atoms with Gasteiger partial charge in [-0.1, -0.05) is 12.1 Å². The van der Waals surface area contributed by atoms with Crippen LogP contribution in [0.15, 0.2) is 18.2 Å². The van der Waals surface area contributed by atoms with E-state index >= 15 is 0 Å². The highest BCUT2D eigenvalue weighted by Gasteiger charge is 2.34. The zero-order valence-corrected chi connectivity index (χ0v) is 14.8. The van der Waals surface area contributed by atoms with E-state index in [0.29, 0.717) is 24.8 Å². The van der Waals surface area contributed by atoms with Crippen molar-refractivity contribution in [2.75, 3.05) is 13.1 Å². The van der Waals surface area contributed by atoms with Crippen LogP contribution in [0.1, 0.15) is 67.7 Å². The van der Waals surface area contributed by atoms with Gasteiger partial charge in [0.1, 0.15) is 0 Å². The van der Waals surface area contributed by atoms with Crippen LogP contribution in [0, 0.1) is 0 Å². The van der Waals surface area contributed by atoms with E-state index < -0.39 is 0 Å². The van der Waals surface area contributed by atoms with E-state index in [-0.39, 0.29) is 17.7 Å². The molecule has 2 aromatic rings. The van der Waals surface area contributed by atoms with Crippen LogP contribution < -0.4 is 10.6 Å². The number of hydrogen-bond acceptors (Lipinski definition) is 4. The van der Waals surface area contributed by atoms with Gasteiger partial charge in [0.05, 0.1) is 23.2 Å². The summed E-state index contributed by atoms with van der Waals surface area (Å²) in [6, 6.07) is 7.12. The maximum absolute atomic E-state index is 12.4. The normalized spacial score (nSPS) is 24.8. The number of nitrogens with zero attached hydrogens (tertiary/aromatic N) is 2. The van der Waals surface area contributed by atoms with Crippen LogP contribution in [0.5, 0.6) is 0 Å². The summed E-state index contributed by atoms with van der Waals surface area (Å²) in [5, 5.41) is 11.8. The van der Waals surface area contributed by atoms with Gasteiger partial charge in [0.15, 0.2) is 0 Å². The van der Waals surface area contributed by atoms with Crippen LogP contribution in [0.25, 0.3) is 10.9 Å². The molecule has 26 heavy (non-hydrogen) atoms. The fourth-order valence-corrected chi connectivity index (χ4v) is 4.40. The Morgan fingerprint density at radius 1 is 1.04 bits per heavy atom. The number of carbonyl (C=O) groups is 2. The van der Waals surface area contributed by atoms with Gasteiger partial charge in [-0.05, 0) is 62.7 Å². The zero-order chi connectivity index (χ0) is 17.7. The van der Waals surface area contributed by atoms with Gasteiger partial charge in [0, 0.05) is 11.8 Å². The summed E-state index contributed by atoms with van der Waals surface area (Å²) in [6.07, 6.45) is 5.59. The van der Waals surface area contributed by atoms with Gasteiger partial charge in [-0.15, -0.1) is 0 Å². The van der Waals surface area contributed by atoms with Crippen LogP contribution in [0.2, 0.25) is 0 Å². The quantitative estimate of drug-likeness (QED) is 0.832. The van der Waals surface area contributed by atoms with Crippen molar-refractivity contribution in [1.82, 2.24) is 20.4 Å². The number of imide groups is 1. The Labute approximate surface area is 152 Å². The minimum absolute atomic E-state index is 0.176. The fraction of sp³-hybridized carbons (Fsp3) is 0.550. The molecular weight excluding hydrogens is 328 g/mol. The van der Waals surface area contributed by atoms with Crippen molar-refractivity contribution in [3.05, 3.63) is 29.5 Å². The van der Waals surface area contributed by atoms with Crippen LogP contribution in [0.3, 0.4) is 0 Å². The molecule has 0 spiro atoms. The highest BCUT2D eigenvalue weighted by atomic mass is 16.2. The monoisotopic (exact) mass is 352 g/mol. The molecule has 3 fully saturated rings. The molecule has 0 radical (unpaired) electrons. The first-order valence-electron chi connectivity index (χ1n) is 9.77. The zero-order valence-electron chi connectivity index (χ0n) is 14.8. The number of nitrogens with one attached hydrogen (secondary N) is 2. The molecule has 1 saturated carbocycles. The summed E-state index contributed by atoms with van der Waals surface area (Å²) in [7, 11) is 0. The second kappa shape index (κ2) is 6.20. The lowest BCUT2D eigenvalue weighted by Crippen LogP contribution is -2.39. The lowest BCUT2D eigenvalue weighted by molar-refractivity contribution is -0.134. The average Bonchev–Trinajstić information content (AvgIpc) is 3.44. The molecular formula is C20H24N4O2. The second-order valence-corrected chi connectivity index (χ2v) is 7.87. The van der Waals surface area contributed by atoms with Gasteiger partial charge >= 0.3 is 0 Å². The molecule has 0 bridgehead atoms.